The maximum absolute atomic E-state index is 11.8. The van der Waals surface area contributed by atoms with Gasteiger partial charge in [-0.1, -0.05) is 30.3 Å². The molecule has 2 aromatic rings. The summed E-state index contributed by atoms with van der Waals surface area (Å²) in [4.78, 5) is 11.8. The van der Waals surface area contributed by atoms with Crippen molar-refractivity contribution in [2.75, 3.05) is 0 Å². The summed E-state index contributed by atoms with van der Waals surface area (Å²) in [5.74, 6) is 0.263. The predicted molar refractivity (Wildman–Crippen MR) is 66.9 cm³/mol. The van der Waals surface area contributed by atoms with Crippen LogP contribution in [-0.2, 0) is 11.3 Å². The molecule has 0 spiro atoms. The van der Waals surface area contributed by atoms with Crippen LogP contribution in [0, 0.1) is 0 Å². The van der Waals surface area contributed by atoms with Crippen LogP contribution in [-0.4, -0.2) is 5.97 Å². The number of carbonyl (C=O) groups excluding carboxylic acids is 1. The molecule has 0 saturated carbocycles. The topological polar surface area (TPSA) is 65.5 Å². The van der Waals surface area contributed by atoms with Gasteiger partial charge in [0.25, 0.3) is 0 Å². The summed E-state index contributed by atoms with van der Waals surface area (Å²) in [5, 5.41) is 0. The van der Waals surface area contributed by atoms with E-state index in [-0.39, 0.29) is 18.4 Å². The normalized spacial score (nSPS) is 12.1. The van der Waals surface area contributed by atoms with Crippen LogP contribution in [0.4, 0.5) is 0 Å². The van der Waals surface area contributed by atoms with Crippen LogP contribution in [0.15, 0.2) is 46.9 Å². The molecule has 2 rings (SSSR count). The standard InChI is InChI=1S/C14H15NO3/c1-10(11-5-3-2-4-6-11)17-14(16)13-8-7-12(9-15)18-13/h2-8,10H,9,15H2,1H3. The first-order chi connectivity index (χ1) is 8.70. The second-order valence-electron chi connectivity index (χ2n) is 3.93. The highest BCUT2D eigenvalue weighted by atomic mass is 16.6. The second kappa shape index (κ2) is 5.51. The highest BCUT2D eigenvalue weighted by Crippen LogP contribution is 2.19. The minimum atomic E-state index is -0.481. The molecule has 0 aliphatic heterocycles. The highest BCUT2D eigenvalue weighted by Gasteiger charge is 2.16. The van der Waals surface area contributed by atoms with Crippen molar-refractivity contribution in [2.45, 2.75) is 19.6 Å². The maximum Gasteiger partial charge on any atom is 0.374 e. The molecule has 4 heteroatoms. The summed E-state index contributed by atoms with van der Waals surface area (Å²) in [6.45, 7) is 2.08. The predicted octanol–water partition coefficient (Wildman–Crippen LogP) is 2.66. The lowest BCUT2D eigenvalue weighted by Gasteiger charge is -2.12. The first-order valence-corrected chi connectivity index (χ1v) is 5.75. The van der Waals surface area contributed by atoms with Crippen molar-refractivity contribution in [3.8, 4) is 0 Å². The molecule has 0 bridgehead atoms. The van der Waals surface area contributed by atoms with Gasteiger partial charge in [0, 0.05) is 0 Å². The monoisotopic (exact) mass is 245 g/mol. The third-order valence-electron chi connectivity index (χ3n) is 2.62. The van der Waals surface area contributed by atoms with Gasteiger partial charge in [-0.15, -0.1) is 0 Å². The molecule has 1 heterocycles. The Balaban J connectivity index is 2.03. The van der Waals surface area contributed by atoms with Gasteiger partial charge >= 0.3 is 5.97 Å². The molecule has 0 radical (unpaired) electrons. The molecular formula is C14H15NO3. The van der Waals surface area contributed by atoms with Gasteiger partial charge in [-0.25, -0.2) is 4.79 Å². The van der Waals surface area contributed by atoms with Crippen LogP contribution in [0.25, 0.3) is 0 Å². The molecule has 4 nitrogen and oxygen atoms in total. The Morgan fingerprint density at radius 2 is 2.00 bits per heavy atom. The van der Waals surface area contributed by atoms with Gasteiger partial charge in [0.05, 0.1) is 6.54 Å². The molecule has 0 aliphatic rings. The number of carbonyl (C=O) groups is 1. The van der Waals surface area contributed by atoms with Crippen molar-refractivity contribution in [2.24, 2.45) is 5.73 Å². The van der Waals surface area contributed by atoms with E-state index in [0.29, 0.717) is 5.76 Å². The third kappa shape index (κ3) is 2.78. The fourth-order valence-electron chi connectivity index (χ4n) is 1.61. The van der Waals surface area contributed by atoms with E-state index in [0.717, 1.165) is 5.56 Å². The average molecular weight is 245 g/mol. The average Bonchev–Trinajstić information content (AvgIpc) is 2.88. The maximum atomic E-state index is 11.8. The number of furan rings is 1. The Hall–Kier alpha value is -2.07. The van der Waals surface area contributed by atoms with E-state index in [1.165, 1.54) is 0 Å². The smallest absolute Gasteiger partial charge is 0.374 e. The molecule has 1 atom stereocenters. The summed E-state index contributed by atoms with van der Waals surface area (Å²) in [6, 6.07) is 12.8. The molecule has 0 amide bonds. The first-order valence-electron chi connectivity index (χ1n) is 5.75. The van der Waals surface area contributed by atoms with Gasteiger partial charge in [-0.3, -0.25) is 0 Å². The van der Waals surface area contributed by atoms with Crippen LogP contribution in [0.3, 0.4) is 0 Å². The van der Waals surface area contributed by atoms with E-state index >= 15 is 0 Å². The second-order valence-corrected chi connectivity index (χ2v) is 3.93. The van der Waals surface area contributed by atoms with Crippen LogP contribution in [0.1, 0.15) is 34.9 Å². The molecular weight excluding hydrogens is 230 g/mol. The number of rotatable bonds is 4. The quantitative estimate of drug-likeness (QED) is 0.841. The number of ether oxygens (including phenoxy) is 1. The molecule has 1 aromatic carbocycles. The zero-order valence-corrected chi connectivity index (χ0v) is 10.1. The summed E-state index contributed by atoms with van der Waals surface area (Å²) in [7, 11) is 0. The Morgan fingerprint density at radius 3 is 2.61 bits per heavy atom. The lowest BCUT2D eigenvalue weighted by molar-refractivity contribution is 0.0299. The molecule has 0 saturated heterocycles. The minimum absolute atomic E-state index is 0.179. The zero-order valence-electron chi connectivity index (χ0n) is 10.1. The lowest BCUT2D eigenvalue weighted by Crippen LogP contribution is -2.08. The fourth-order valence-corrected chi connectivity index (χ4v) is 1.61. The van der Waals surface area contributed by atoms with Gasteiger partial charge in [0.1, 0.15) is 11.9 Å². The van der Waals surface area contributed by atoms with Crippen molar-refractivity contribution in [1.82, 2.24) is 0 Å². The van der Waals surface area contributed by atoms with Crippen molar-refractivity contribution >= 4 is 5.97 Å². The van der Waals surface area contributed by atoms with Crippen molar-refractivity contribution in [3.63, 3.8) is 0 Å². The van der Waals surface area contributed by atoms with Gasteiger partial charge < -0.3 is 14.9 Å². The first kappa shape index (κ1) is 12.4. The summed E-state index contributed by atoms with van der Waals surface area (Å²) >= 11 is 0. The van der Waals surface area contributed by atoms with E-state index < -0.39 is 5.97 Å². The van der Waals surface area contributed by atoms with Gasteiger partial charge in [-0.05, 0) is 24.6 Å². The molecule has 18 heavy (non-hydrogen) atoms. The number of benzene rings is 1. The van der Waals surface area contributed by atoms with E-state index in [2.05, 4.69) is 0 Å². The minimum Gasteiger partial charge on any atom is -0.453 e. The molecule has 1 unspecified atom stereocenters. The molecule has 2 N–H and O–H groups in total. The van der Waals surface area contributed by atoms with E-state index in [1.807, 2.05) is 37.3 Å². The Bertz CT molecular complexity index is 519. The largest absolute Gasteiger partial charge is 0.453 e. The molecule has 0 fully saturated rings. The number of esters is 1. The zero-order chi connectivity index (χ0) is 13.0. The van der Waals surface area contributed by atoms with Crippen LogP contribution in [0.5, 0.6) is 0 Å². The SMILES string of the molecule is CC(OC(=O)c1ccc(CN)o1)c1ccccc1. The summed E-state index contributed by atoms with van der Waals surface area (Å²) in [5.41, 5.74) is 6.35. The van der Waals surface area contributed by atoms with Gasteiger partial charge in [-0.2, -0.15) is 0 Å². The van der Waals surface area contributed by atoms with Crippen molar-refractivity contribution in [3.05, 3.63) is 59.5 Å². The summed E-state index contributed by atoms with van der Waals surface area (Å²) in [6.07, 6.45) is -0.315. The van der Waals surface area contributed by atoms with Crippen LogP contribution < -0.4 is 5.73 Å². The van der Waals surface area contributed by atoms with Crippen molar-refractivity contribution in [1.29, 1.82) is 0 Å². The van der Waals surface area contributed by atoms with Crippen LogP contribution >= 0.6 is 0 Å². The van der Waals surface area contributed by atoms with E-state index in [4.69, 9.17) is 14.9 Å². The highest BCUT2D eigenvalue weighted by molar-refractivity contribution is 5.86. The number of hydrogen-bond donors (Lipinski definition) is 1. The number of nitrogens with two attached hydrogens (primary N) is 1. The number of hydrogen-bond acceptors (Lipinski definition) is 4. The van der Waals surface area contributed by atoms with Gasteiger partial charge in [0.2, 0.25) is 5.76 Å². The molecule has 94 valence electrons. The molecule has 0 aliphatic carbocycles. The summed E-state index contributed by atoms with van der Waals surface area (Å²) < 4.78 is 10.5. The van der Waals surface area contributed by atoms with E-state index in [9.17, 15) is 4.79 Å². The molecule has 1 aromatic heterocycles. The Labute approximate surface area is 105 Å². The third-order valence-corrected chi connectivity index (χ3v) is 2.62. The Morgan fingerprint density at radius 1 is 1.28 bits per heavy atom. The van der Waals surface area contributed by atoms with Crippen molar-refractivity contribution < 1.29 is 13.9 Å². The van der Waals surface area contributed by atoms with Gasteiger partial charge in [0.15, 0.2) is 0 Å². The van der Waals surface area contributed by atoms with E-state index in [1.54, 1.807) is 12.1 Å². The Kier molecular flexibility index (Phi) is 3.79. The fraction of sp³-hybridized carbons (Fsp3) is 0.214. The lowest BCUT2D eigenvalue weighted by atomic mass is 10.1. The van der Waals surface area contributed by atoms with Crippen LogP contribution in [0.2, 0.25) is 0 Å².